The van der Waals surface area contributed by atoms with E-state index >= 15 is 0 Å². The Morgan fingerprint density at radius 1 is 1.24 bits per heavy atom. The smallest absolute Gasteiger partial charge is 0.173 e. The van der Waals surface area contributed by atoms with Crippen molar-refractivity contribution in [3.05, 3.63) is 60.1 Å². The number of halogens is 1. The van der Waals surface area contributed by atoms with E-state index < -0.39 is 0 Å². The van der Waals surface area contributed by atoms with Gasteiger partial charge in [-0.3, -0.25) is 9.98 Å². The standard InChI is InChI=1S/C26H38FN4P.C2H4/c1-9-22(19-11-21(27)25-28-17(4)14-31(25)15-19)30-23-12-24(29-18(23)5)32-20(10-16(2)3)13-26(6,7)8;1-2/h11,14-16,20,32H,9-10,12-13H2,1-8H3;1-2H2. The molecule has 0 N–H and O–H groups in total. The third kappa shape index (κ3) is 7.70. The summed E-state index contributed by atoms with van der Waals surface area (Å²) in [6, 6.07) is 1.56. The molecule has 0 saturated carbocycles. The van der Waals surface area contributed by atoms with E-state index in [9.17, 15) is 4.39 Å². The van der Waals surface area contributed by atoms with Crippen molar-refractivity contribution >= 4 is 25.4 Å². The summed E-state index contributed by atoms with van der Waals surface area (Å²) in [4.78, 5) is 14.1. The molecule has 0 amide bonds. The lowest BCUT2D eigenvalue weighted by Crippen LogP contribution is -2.17. The normalized spacial score (nSPS) is 15.9. The zero-order valence-electron chi connectivity index (χ0n) is 22.3. The summed E-state index contributed by atoms with van der Waals surface area (Å²) < 4.78 is 16.4. The number of fused-ring (bicyclic) bond motifs is 1. The first kappa shape index (κ1) is 28.1. The highest BCUT2D eigenvalue weighted by atomic mass is 31.1. The van der Waals surface area contributed by atoms with Gasteiger partial charge in [0.2, 0.25) is 0 Å². The van der Waals surface area contributed by atoms with Crippen LogP contribution in [0.4, 0.5) is 4.39 Å². The lowest BCUT2D eigenvalue weighted by molar-refractivity contribution is 0.354. The van der Waals surface area contributed by atoms with Crippen LogP contribution in [0.2, 0.25) is 0 Å². The molecule has 186 valence electrons. The number of aromatic nitrogens is 2. The number of hydrogen-bond acceptors (Lipinski definition) is 3. The van der Waals surface area contributed by atoms with Crippen molar-refractivity contribution in [3.8, 4) is 0 Å². The number of hydrogen-bond donors (Lipinski definition) is 0. The lowest BCUT2D eigenvalue weighted by Gasteiger charge is -2.27. The fraction of sp³-hybridized carbons (Fsp3) is 0.536. The molecule has 2 aromatic rings. The molecule has 2 aromatic heterocycles. The molecular formula is C28H42FN4P. The van der Waals surface area contributed by atoms with Crippen LogP contribution in [0.15, 0.2) is 53.0 Å². The second-order valence-electron chi connectivity index (χ2n) is 10.6. The minimum absolute atomic E-state index is 0.314. The maximum atomic E-state index is 14.6. The Balaban J connectivity index is 0.00000199. The highest BCUT2D eigenvalue weighted by molar-refractivity contribution is 7.59. The first-order valence-electron chi connectivity index (χ1n) is 12.2. The van der Waals surface area contributed by atoms with Crippen molar-refractivity contribution in [2.75, 3.05) is 0 Å². The molecule has 1 aliphatic rings. The van der Waals surface area contributed by atoms with Crippen LogP contribution in [0.25, 0.3) is 5.65 Å². The van der Waals surface area contributed by atoms with Crippen molar-refractivity contribution in [1.82, 2.24) is 9.38 Å². The van der Waals surface area contributed by atoms with E-state index in [1.807, 2.05) is 26.2 Å². The molecule has 1 aliphatic heterocycles. The van der Waals surface area contributed by atoms with Crippen molar-refractivity contribution in [3.63, 3.8) is 0 Å². The molecule has 0 radical (unpaired) electrons. The summed E-state index contributed by atoms with van der Waals surface area (Å²) in [6.07, 6.45) is 7.76. The minimum Gasteiger partial charge on any atom is -0.304 e. The molecule has 3 rings (SSSR count). The molecule has 6 heteroatoms. The van der Waals surface area contributed by atoms with Crippen molar-refractivity contribution in [2.24, 2.45) is 21.3 Å². The number of aryl methyl sites for hydroxylation is 1. The van der Waals surface area contributed by atoms with Crippen LogP contribution in [-0.2, 0) is 0 Å². The Hall–Kier alpha value is -2.13. The van der Waals surface area contributed by atoms with Crippen LogP contribution in [-0.4, -0.2) is 26.2 Å². The van der Waals surface area contributed by atoms with Crippen molar-refractivity contribution in [1.29, 1.82) is 0 Å². The summed E-state index contributed by atoms with van der Waals surface area (Å²) in [5.74, 6) is 0.373. The molecule has 0 aliphatic carbocycles. The van der Waals surface area contributed by atoms with Gasteiger partial charge in [-0.1, -0.05) is 50.1 Å². The molecular weight excluding hydrogens is 442 g/mol. The predicted molar refractivity (Wildman–Crippen MR) is 148 cm³/mol. The third-order valence-electron chi connectivity index (χ3n) is 5.61. The molecule has 0 bridgehead atoms. The number of imidazole rings is 1. The van der Waals surface area contributed by atoms with Gasteiger partial charge >= 0.3 is 0 Å². The molecule has 4 nitrogen and oxygen atoms in total. The Morgan fingerprint density at radius 2 is 1.91 bits per heavy atom. The number of allylic oxidation sites excluding steroid dienone is 2. The van der Waals surface area contributed by atoms with Crippen LogP contribution < -0.4 is 0 Å². The molecule has 0 fully saturated rings. The molecule has 2 atom stereocenters. The Bertz CT molecular complexity index is 1090. The van der Waals surface area contributed by atoms with Gasteiger partial charge in [0, 0.05) is 35.5 Å². The maximum absolute atomic E-state index is 14.6. The van der Waals surface area contributed by atoms with Crippen LogP contribution in [0.3, 0.4) is 0 Å². The highest BCUT2D eigenvalue weighted by Gasteiger charge is 2.24. The van der Waals surface area contributed by atoms with Gasteiger partial charge in [-0.25, -0.2) is 9.37 Å². The highest BCUT2D eigenvalue weighted by Crippen LogP contribution is 2.40. The Kier molecular flexibility index (Phi) is 9.94. The molecule has 0 spiro atoms. The first-order valence-corrected chi connectivity index (χ1v) is 13.3. The summed E-state index contributed by atoms with van der Waals surface area (Å²) in [7, 11) is 0.733. The topological polar surface area (TPSA) is 42.0 Å². The number of nitrogens with zero attached hydrogens (tertiary/aromatic N) is 4. The minimum atomic E-state index is -0.314. The van der Waals surface area contributed by atoms with Gasteiger partial charge in [-0.2, -0.15) is 0 Å². The molecule has 34 heavy (non-hydrogen) atoms. The summed E-state index contributed by atoms with van der Waals surface area (Å²) in [5.41, 5.74) is 7.11. The van der Waals surface area contributed by atoms with E-state index in [0.29, 0.717) is 22.6 Å². The fourth-order valence-electron chi connectivity index (χ4n) is 4.38. The van der Waals surface area contributed by atoms with E-state index in [4.69, 9.17) is 9.98 Å². The first-order chi connectivity index (χ1) is 15.9. The summed E-state index contributed by atoms with van der Waals surface area (Å²) >= 11 is 0. The van der Waals surface area contributed by atoms with Crippen LogP contribution in [0, 0.1) is 24.1 Å². The number of aliphatic imine (C=N–C) groups is 2. The average Bonchev–Trinajstić information content (AvgIpc) is 3.27. The van der Waals surface area contributed by atoms with E-state index in [0.717, 1.165) is 49.8 Å². The van der Waals surface area contributed by atoms with Crippen LogP contribution in [0.5, 0.6) is 0 Å². The Morgan fingerprint density at radius 3 is 2.50 bits per heavy atom. The molecule has 0 saturated heterocycles. The maximum Gasteiger partial charge on any atom is 0.173 e. The number of pyridine rings is 1. The SMILES string of the molecule is C=C.CCC(=NC1=C(C)N=C(PC(CC(C)C)CC(C)(C)C)C1)c1cc(F)c2nc(C)cn2c1. The van der Waals surface area contributed by atoms with Gasteiger partial charge in [0.05, 0.1) is 17.1 Å². The second kappa shape index (κ2) is 12.0. The van der Waals surface area contributed by atoms with Crippen LogP contribution >= 0.6 is 8.58 Å². The van der Waals surface area contributed by atoms with Gasteiger partial charge in [-0.05, 0) is 56.2 Å². The van der Waals surface area contributed by atoms with Crippen molar-refractivity contribution < 1.29 is 4.39 Å². The fourth-order valence-corrected chi connectivity index (χ4v) is 6.66. The van der Waals surface area contributed by atoms with Gasteiger partial charge in [0.25, 0.3) is 0 Å². The van der Waals surface area contributed by atoms with E-state index in [1.54, 1.807) is 10.5 Å². The monoisotopic (exact) mass is 484 g/mol. The third-order valence-corrected chi connectivity index (χ3v) is 7.08. The largest absolute Gasteiger partial charge is 0.304 e. The summed E-state index contributed by atoms with van der Waals surface area (Å²) in [6.45, 7) is 23.6. The van der Waals surface area contributed by atoms with E-state index in [1.165, 1.54) is 18.3 Å². The summed E-state index contributed by atoms with van der Waals surface area (Å²) in [5, 5.41) is 0. The zero-order valence-corrected chi connectivity index (χ0v) is 23.3. The zero-order chi connectivity index (χ0) is 25.6. The van der Waals surface area contributed by atoms with Crippen molar-refractivity contribution in [2.45, 2.75) is 86.7 Å². The van der Waals surface area contributed by atoms with Gasteiger partial charge in [-0.15, -0.1) is 13.2 Å². The van der Waals surface area contributed by atoms with Gasteiger partial charge in [0.1, 0.15) is 0 Å². The second-order valence-corrected chi connectivity index (χ2v) is 12.3. The number of rotatable bonds is 8. The average molecular weight is 485 g/mol. The molecule has 2 unspecified atom stereocenters. The van der Waals surface area contributed by atoms with Crippen LogP contribution in [0.1, 0.15) is 85.4 Å². The quantitative estimate of drug-likeness (QED) is 0.211. The van der Waals surface area contributed by atoms with Gasteiger partial charge in [0.15, 0.2) is 11.5 Å². The molecule has 3 heterocycles. The van der Waals surface area contributed by atoms with E-state index in [-0.39, 0.29) is 5.82 Å². The molecule has 0 aromatic carbocycles. The Labute approximate surface area is 207 Å². The van der Waals surface area contributed by atoms with E-state index in [2.05, 4.69) is 59.7 Å². The van der Waals surface area contributed by atoms with Gasteiger partial charge < -0.3 is 4.40 Å². The lowest BCUT2D eigenvalue weighted by atomic mass is 9.88. The predicted octanol–water partition coefficient (Wildman–Crippen LogP) is 8.35.